The largest absolute Gasteiger partial charge is 0.484 e. The number of hydrogen-bond acceptors (Lipinski definition) is 6. The number of aryl methyl sites for hydroxylation is 2. The molecule has 2 aliphatic heterocycles. The van der Waals surface area contributed by atoms with Crippen LogP contribution in [0.1, 0.15) is 40.1 Å². The molecule has 0 bridgehead atoms. The lowest BCUT2D eigenvalue weighted by Crippen LogP contribution is -2.46. The van der Waals surface area contributed by atoms with Crippen LogP contribution in [0, 0.1) is 19.3 Å². The molecule has 0 saturated carbocycles. The minimum absolute atomic E-state index is 0.0356. The highest BCUT2D eigenvalue weighted by Crippen LogP contribution is 2.41. The highest BCUT2D eigenvalue weighted by atomic mass is 32.1. The van der Waals surface area contributed by atoms with E-state index >= 15 is 0 Å². The molecule has 1 spiro atoms. The fourth-order valence-corrected chi connectivity index (χ4v) is 5.90. The van der Waals surface area contributed by atoms with Gasteiger partial charge in [0.2, 0.25) is 0 Å². The van der Waals surface area contributed by atoms with E-state index in [4.69, 9.17) is 21.7 Å². The molecule has 0 radical (unpaired) electrons. The summed E-state index contributed by atoms with van der Waals surface area (Å²) in [7, 11) is 1.38. The smallest absolute Gasteiger partial charge is 0.350 e. The number of benzene rings is 1. The summed E-state index contributed by atoms with van der Waals surface area (Å²) < 4.78 is 10.7. The van der Waals surface area contributed by atoms with Crippen LogP contribution < -0.4 is 10.1 Å². The first-order valence-electron chi connectivity index (χ1n) is 11.5. The van der Waals surface area contributed by atoms with Gasteiger partial charge in [-0.3, -0.25) is 4.79 Å². The van der Waals surface area contributed by atoms with E-state index in [0.717, 1.165) is 68.0 Å². The molecule has 182 valence electrons. The van der Waals surface area contributed by atoms with E-state index in [1.807, 2.05) is 48.4 Å². The molecule has 2 aromatic rings. The number of likely N-dealkylation sites (tertiary alicyclic amines) is 2. The number of ether oxygens (including phenoxy) is 2. The number of methoxy groups -OCH3 is 1. The predicted molar refractivity (Wildman–Crippen MR) is 138 cm³/mol. The number of para-hydroxylation sites is 1. The number of nitrogens with one attached hydrogen (secondary N) is 1. The molecule has 2 aliphatic rings. The summed E-state index contributed by atoms with van der Waals surface area (Å²) in [5, 5.41) is 5.85. The normalized spacial score (nSPS) is 17.0. The number of rotatable bonds is 5. The highest BCUT2D eigenvalue weighted by Gasteiger charge is 2.42. The van der Waals surface area contributed by atoms with Crippen molar-refractivity contribution in [3.05, 3.63) is 45.6 Å². The number of thiophene rings is 1. The van der Waals surface area contributed by atoms with Crippen molar-refractivity contribution in [3.8, 4) is 5.75 Å². The maximum atomic E-state index is 12.7. The van der Waals surface area contributed by atoms with Crippen molar-refractivity contribution in [2.45, 2.75) is 33.1 Å². The number of piperidine rings is 1. The van der Waals surface area contributed by atoms with E-state index in [-0.39, 0.29) is 23.9 Å². The Morgan fingerprint density at radius 2 is 1.76 bits per heavy atom. The molecule has 1 aromatic carbocycles. The predicted octanol–water partition coefficient (Wildman–Crippen LogP) is 4.24. The molecule has 1 amide bonds. The summed E-state index contributed by atoms with van der Waals surface area (Å²) in [6, 6.07) is 7.74. The molecule has 9 heteroatoms. The third-order valence-electron chi connectivity index (χ3n) is 6.92. The first-order valence-corrected chi connectivity index (χ1v) is 12.8. The van der Waals surface area contributed by atoms with Gasteiger partial charge in [0.25, 0.3) is 5.91 Å². The zero-order chi connectivity index (χ0) is 24.3. The van der Waals surface area contributed by atoms with Crippen molar-refractivity contribution >= 4 is 46.2 Å². The van der Waals surface area contributed by atoms with Gasteiger partial charge in [-0.15, -0.1) is 11.3 Å². The maximum absolute atomic E-state index is 12.7. The Hall–Kier alpha value is -2.65. The molecule has 34 heavy (non-hydrogen) atoms. The molecule has 1 aromatic heterocycles. The number of carbonyl (C=O) groups is 2. The summed E-state index contributed by atoms with van der Waals surface area (Å²) >= 11 is 7.06. The summed E-state index contributed by atoms with van der Waals surface area (Å²) in [5.41, 5.74) is 2.90. The van der Waals surface area contributed by atoms with Crippen molar-refractivity contribution in [2.75, 3.05) is 45.2 Å². The molecule has 2 fully saturated rings. The van der Waals surface area contributed by atoms with Crippen LogP contribution >= 0.6 is 23.6 Å². The van der Waals surface area contributed by atoms with Gasteiger partial charge in [-0.25, -0.2) is 4.79 Å². The lowest BCUT2D eigenvalue weighted by atomic mass is 9.78. The number of carbonyl (C=O) groups excluding carboxylic acids is 2. The quantitative estimate of drug-likeness (QED) is 0.485. The average Bonchev–Trinajstić information content (AvgIpc) is 3.42. The zero-order valence-electron chi connectivity index (χ0n) is 19.9. The number of amides is 1. The molecule has 3 heterocycles. The monoisotopic (exact) mass is 501 g/mol. The Labute approximate surface area is 210 Å². The molecular formula is C25H31N3O4S2. The van der Waals surface area contributed by atoms with Crippen LogP contribution in [0.15, 0.2) is 29.6 Å². The van der Waals surface area contributed by atoms with Gasteiger partial charge < -0.3 is 24.6 Å². The van der Waals surface area contributed by atoms with E-state index in [2.05, 4.69) is 10.2 Å². The first-order chi connectivity index (χ1) is 16.3. The molecular weight excluding hydrogens is 470 g/mol. The second-order valence-electron chi connectivity index (χ2n) is 9.15. The van der Waals surface area contributed by atoms with Crippen molar-refractivity contribution in [1.29, 1.82) is 0 Å². The van der Waals surface area contributed by atoms with Gasteiger partial charge in [-0.1, -0.05) is 18.2 Å². The van der Waals surface area contributed by atoms with E-state index in [1.54, 1.807) is 0 Å². The van der Waals surface area contributed by atoms with Gasteiger partial charge in [0.15, 0.2) is 11.7 Å². The summed E-state index contributed by atoms with van der Waals surface area (Å²) in [6.45, 7) is 7.20. The van der Waals surface area contributed by atoms with Gasteiger partial charge >= 0.3 is 5.97 Å². The lowest BCUT2D eigenvalue weighted by molar-refractivity contribution is -0.135. The number of nitrogens with zero attached hydrogens (tertiary/aromatic N) is 2. The van der Waals surface area contributed by atoms with Crippen molar-refractivity contribution in [2.24, 2.45) is 5.41 Å². The maximum Gasteiger partial charge on any atom is 0.350 e. The van der Waals surface area contributed by atoms with Gasteiger partial charge in [0.1, 0.15) is 10.6 Å². The van der Waals surface area contributed by atoms with Crippen molar-refractivity contribution < 1.29 is 19.1 Å². The molecule has 0 aliphatic carbocycles. The Bertz CT molecular complexity index is 1080. The topological polar surface area (TPSA) is 71.1 Å². The highest BCUT2D eigenvalue weighted by molar-refractivity contribution is 7.80. The van der Waals surface area contributed by atoms with Crippen LogP contribution in [0.3, 0.4) is 0 Å². The van der Waals surface area contributed by atoms with Crippen molar-refractivity contribution in [3.63, 3.8) is 0 Å². The van der Waals surface area contributed by atoms with Gasteiger partial charge in [-0.2, -0.15) is 0 Å². The molecule has 0 atom stereocenters. The Morgan fingerprint density at radius 3 is 2.44 bits per heavy atom. The minimum atomic E-state index is -0.357. The Balaban J connectivity index is 1.29. The van der Waals surface area contributed by atoms with Crippen molar-refractivity contribution in [1.82, 2.24) is 9.80 Å². The van der Waals surface area contributed by atoms with Gasteiger partial charge in [0.05, 0.1) is 12.8 Å². The van der Waals surface area contributed by atoms with Gasteiger partial charge in [-0.05, 0) is 73.3 Å². The molecule has 2 saturated heterocycles. The van der Waals surface area contributed by atoms with E-state index < -0.39 is 0 Å². The van der Waals surface area contributed by atoms with Crippen LogP contribution in [0.5, 0.6) is 5.75 Å². The van der Waals surface area contributed by atoms with Crippen LogP contribution in [0.4, 0.5) is 5.69 Å². The average molecular weight is 502 g/mol. The van der Waals surface area contributed by atoms with Gasteiger partial charge in [0, 0.05) is 26.2 Å². The zero-order valence-corrected chi connectivity index (χ0v) is 21.5. The fourth-order valence-electron chi connectivity index (χ4n) is 4.72. The van der Waals surface area contributed by atoms with Crippen LogP contribution in [0.2, 0.25) is 0 Å². The third kappa shape index (κ3) is 5.20. The Morgan fingerprint density at radius 1 is 1.09 bits per heavy atom. The standard InChI is InChI=1S/C25H31N3O4S2/c1-17-6-4-5-7-19(17)32-14-20(29)27-11-8-25(9-12-27)10-13-28(16-25)24(33)26-21-18(2)15-34-22(21)23(30)31-3/h4-7,15H,8-14,16H2,1-3H3,(H,26,33). The van der Waals surface area contributed by atoms with E-state index in [0.29, 0.717) is 9.99 Å². The summed E-state index contributed by atoms with van der Waals surface area (Å²) in [4.78, 5) is 29.4. The number of anilines is 1. The van der Waals surface area contributed by atoms with Crippen LogP contribution in [0.25, 0.3) is 0 Å². The summed E-state index contributed by atoms with van der Waals surface area (Å²) in [6.07, 6.45) is 2.95. The second-order valence-corrected chi connectivity index (χ2v) is 10.4. The molecule has 0 unspecified atom stereocenters. The number of thiocarbonyl (C=S) groups is 1. The third-order valence-corrected chi connectivity index (χ3v) is 8.36. The van der Waals surface area contributed by atoms with E-state index in [1.165, 1.54) is 18.4 Å². The van der Waals surface area contributed by atoms with Crippen LogP contribution in [-0.2, 0) is 9.53 Å². The molecule has 7 nitrogen and oxygen atoms in total. The number of hydrogen-bond donors (Lipinski definition) is 1. The minimum Gasteiger partial charge on any atom is -0.484 e. The van der Waals surface area contributed by atoms with E-state index in [9.17, 15) is 9.59 Å². The SMILES string of the molecule is COC(=O)c1scc(C)c1NC(=S)N1CCC2(CCN(C(=O)COc3ccccc3C)CC2)C1. The lowest BCUT2D eigenvalue weighted by Gasteiger charge is -2.39. The second kappa shape index (κ2) is 10.3. The van der Waals surface area contributed by atoms with Crippen LogP contribution in [-0.4, -0.2) is 66.7 Å². The first kappa shape index (κ1) is 24.5. The summed E-state index contributed by atoms with van der Waals surface area (Å²) in [5.74, 6) is 0.436. The Kier molecular flexibility index (Phi) is 7.42. The molecule has 1 N–H and O–H groups in total. The fraction of sp³-hybridized carbons (Fsp3) is 0.480. The number of esters is 1. The molecule has 4 rings (SSSR count).